The lowest BCUT2D eigenvalue weighted by Gasteiger charge is -2.24. The number of rotatable bonds is 3. The molecule has 0 amide bonds. The monoisotopic (exact) mass is 220 g/mol. The fourth-order valence-corrected chi connectivity index (χ4v) is 1.98. The molecule has 0 atom stereocenters. The highest BCUT2D eigenvalue weighted by Gasteiger charge is 2.30. The summed E-state index contributed by atoms with van der Waals surface area (Å²) in [6, 6.07) is 5.96. The van der Waals surface area contributed by atoms with Crippen LogP contribution in [0.1, 0.15) is 50.7 Å². The Balaban J connectivity index is 2.35. The van der Waals surface area contributed by atoms with Crippen molar-refractivity contribution in [2.45, 2.75) is 51.7 Å². The van der Waals surface area contributed by atoms with Gasteiger partial charge < -0.3 is 9.84 Å². The van der Waals surface area contributed by atoms with Crippen LogP contribution < -0.4 is 4.74 Å². The van der Waals surface area contributed by atoms with E-state index < -0.39 is 0 Å². The molecule has 1 N–H and O–H groups in total. The quantitative estimate of drug-likeness (QED) is 0.847. The molecule has 0 aliphatic heterocycles. The van der Waals surface area contributed by atoms with Crippen LogP contribution in [-0.4, -0.2) is 10.7 Å². The summed E-state index contributed by atoms with van der Waals surface area (Å²) in [7, 11) is 0. The molecular formula is C14H20O2. The number of hydrogen-bond acceptors (Lipinski definition) is 2. The van der Waals surface area contributed by atoms with Crippen molar-refractivity contribution in [2.24, 2.45) is 0 Å². The van der Waals surface area contributed by atoms with E-state index in [1.807, 2.05) is 18.2 Å². The van der Waals surface area contributed by atoms with E-state index in [-0.39, 0.29) is 12.2 Å². The smallest absolute Gasteiger partial charge is 0.123 e. The van der Waals surface area contributed by atoms with Gasteiger partial charge in [-0.3, -0.25) is 0 Å². The molecule has 88 valence electrons. The third-order valence-electron chi connectivity index (χ3n) is 2.73. The van der Waals surface area contributed by atoms with Crippen LogP contribution >= 0.6 is 0 Å². The highest BCUT2D eigenvalue weighted by Crippen LogP contribution is 2.46. The lowest BCUT2D eigenvalue weighted by Crippen LogP contribution is -2.23. The molecule has 0 heterocycles. The first-order chi connectivity index (χ1) is 7.51. The molecule has 0 unspecified atom stereocenters. The van der Waals surface area contributed by atoms with Gasteiger partial charge in [-0.15, -0.1) is 0 Å². The molecule has 1 fully saturated rings. The Morgan fingerprint density at radius 3 is 2.50 bits per heavy atom. The fourth-order valence-electron chi connectivity index (χ4n) is 1.98. The van der Waals surface area contributed by atoms with Gasteiger partial charge in [0.15, 0.2) is 0 Å². The van der Waals surface area contributed by atoms with Gasteiger partial charge in [-0.2, -0.15) is 0 Å². The van der Waals surface area contributed by atoms with Crippen LogP contribution in [0.4, 0.5) is 0 Å². The molecule has 1 aliphatic carbocycles. The lowest BCUT2D eigenvalue weighted by atomic mass is 10.0. The Bertz CT molecular complexity index is 373. The van der Waals surface area contributed by atoms with Crippen LogP contribution in [0.5, 0.6) is 5.75 Å². The molecule has 2 nitrogen and oxygen atoms in total. The van der Waals surface area contributed by atoms with Gasteiger partial charge in [-0.25, -0.2) is 0 Å². The molecule has 0 saturated heterocycles. The van der Waals surface area contributed by atoms with Gasteiger partial charge in [-0.05, 0) is 51.2 Å². The molecular weight excluding hydrogens is 200 g/mol. The highest BCUT2D eigenvalue weighted by molar-refractivity contribution is 5.45. The van der Waals surface area contributed by atoms with Crippen molar-refractivity contribution >= 4 is 0 Å². The van der Waals surface area contributed by atoms with Gasteiger partial charge in [0.05, 0.1) is 6.61 Å². The third-order valence-corrected chi connectivity index (χ3v) is 2.73. The Labute approximate surface area is 97.3 Å². The summed E-state index contributed by atoms with van der Waals surface area (Å²) in [5, 5.41) is 9.36. The topological polar surface area (TPSA) is 29.5 Å². The first kappa shape index (κ1) is 11.5. The number of hydrogen-bond donors (Lipinski definition) is 1. The lowest BCUT2D eigenvalue weighted by molar-refractivity contribution is 0.129. The SMILES string of the molecule is CC(C)(C)Oc1cccc(CO)c1C1CC1. The van der Waals surface area contributed by atoms with Crippen molar-refractivity contribution in [1.29, 1.82) is 0 Å². The van der Waals surface area contributed by atoms with Crippen LogP contribution in [0.3, 0.4) is 0 Å². The highest BCUT2D eigenvalue weighted by atomic mass is 16.5. The van der Waals surface area contributed by atoms with Crippen molar-refractivity contribution in [2.75, 3.05) is 0 Å². The molecule has 0 radical (unpaired) electrons. The van der Waals surface area contributed by atoms with E-state index >= 15 is 0 Å². The Hall–Kier alpha value is -1.02. The van der Waals surface area contributed by atoms with Crippen LogP contribution in [0.2, 0.25) is 0 Å². The van der Waals surface area contributed by atoms with Crippen molar-refractivity contribution in [3.8, 4) is 5.75 Å². The van der Waals surface area contributed by atoms with Crippen LogP contribution in [0.25, 0.3) is 0 Å². The minimum absolute atomic E-state index is 0.104. The minimum Gasteiger partial charge on any atom is -0.488 e. The average Bonchev–Trinajstić information content (AvgIpc) is 2.98. The normalized spacial score (nSPS) is 16.2. The molecule has 0 spiro atoms. The van der Waals surface area contributed by atoms with Crippen molar-refractivity contribution in [1.82, 2.24) is 0 Å². The molecule has 1 aliphatic rings. The van der Waals surface area contributed by atoms with E-state index in [0.717, 1.165) is 11.3 Å². The Morgan fingerprint density at radius 1 is 1.31 bits per heavy atom. The molecule has 1 aromatic carbocycles. The summed E-state index contributed by atoms with van der Waals surface area (Å²) in [6.07, 6.45) is 2.44. The predicted octanol–water partition coefficient (Wildman–Crippen LogP) is 3.23. The van der Waals surface area contributed by atoms with E-state index in [2.05, 4.69) is 20.8 Å². The summed E-state index contributed by atoms with van der Waals surface area (Å²) in [5.41, 5.74) is 2.06. The second kappa shape index (κ2) is 4.10. The average molecular weight is 220 g/mol. The van der Waals surface area contributed by atoms with E-state index in [1.165, 1.54) is 18.4 Å². The van der Waals surface area contributed by atoms with Gasteiger partial charge in [-0.1, -0.05) is 12.1 Å². The van der Waals surface area contributed by atoms with Crippen molar-refractivity contribution in [3.63, 3.8) is 0 Å². The summed E-state index contributed by atoms with van der Waals surface area (Å²) in [4.78, 5) is 0. The number of aliphatic hydroxyl groups is 1. The van der Waals surface area contributed by atoms with Crippen LogP contribution in [-0.2, 0) is 6.61 Å². The minimum atomic E-state index is -0.183. The van der Waals surface area contributed by atoms with Gasteiger partial charge in [0.25, 0.3) is 0 Å². The maximum Gasteiger partial charge on any atom is 0.123 e. The molecule has 2 rings (SSSR count). The molecule has 1 aromatic rings. The zero-order chi connectivity index (χ0) is 11.8. The summed E-state index contributed by atoms with van der Waals surface area (Å²) in [5.74, 6) is 1.54. The number of benzene rings is 1. The Morgan fingerprint density at radius 2 is 2.00 bits per heavy atom. The number of aliphatic hydroxyl groups excluding tert-OH is 1. The summed E-state index contributed by atoms with van der Waals surface area (Å²) in [6.45, 7) is 6.26. The van der Waals surface area contributed by atoms with Crippen LogP contribution in [0.15, 0.2) is 18.2 Å². The predicted molar refractivity (Wildman–Crippen MR) is 64.7 cm³/mol. The first-order valence-electron chi connectivity index (χ1n) is 5.93. The van der Waals surface area contributed by atoms with E-state index in [0.29, 0.717) is 5.92 Å². The molecule has 0 bridgehead atoms. The fraction of sp³-hybridized carbons (Fsp3) is 0.571. The maximum atomic E-state index is 9.36. The summed E-state index contributed by atoms with van der Waals surface area (Å²) >= 11 is 0. The second-order valence-corrected chi connectivity index (χ2v) is 5.48. The second-order valence-electron chi connectivity index (χ2n) is 5.48. The molecule has 16 heavy (non-hydrogen) atoms. The van der Waals surface area contributed by atoms with Crippen molar-refractivity contribution in [3.05, 3.63) is 29.3 Å². The largest absolute Gasteiger partial charge is 0.488 e. The zero-order valence-electron chi connectivity index (χ0n) is 10.3. The third kappa shape index (κ3) is 2.56. The zero-order valence-corrected chi connectivity index (χ0v) is 10.3. The number of ether oxygens (including phenoxy) is 1. The van der Waals surface area contributed by atoms with Gasteiger partial charge in [0, 0.05) is 5.56 Å². The maximum absolute atomic E-state index is 9.36. The molecule has 0 aromatic heterocycles. The van der Waals surface area contributed by atoms with Gasteiger partial charge in [0.1, 0.15) is 11.4 Å². The Kier molecular flexibility index (Phi) is 2.94. The molecule has 2 heteroatoms. The van der Waals surface area contributed by atoms with E-state index in [1.54, 1.807) is 0 Å². The van der Waals surface area contributed by atoms with E-state index in [4.69, 9.17) is 4.74 Å². The van der Waals surface area contributed by atoms with Gasteiger partial charge in [0.2, 0.25) is 0 Å². The molecule has 1 saturated carbocycles. The first-order valence-corrected chi connectivity index (χ1v) is 5.93. The van der Waals surface area contributed by atoms with Gasteiger partial charge >= 0.3 is 0 Å². The van der Waals surface area contributed by atoms with Crippen molar-refractivity contribution < 1.29 is 9.84 Å². The summed E-state index contributed by atoms with van der Waals surface area (Å²) < 4.78 is 5.97. The standard InChI is InChI=1S/C14H20O2/c1-14(2,3)16-12-6-4-5-11(9-15)13(12)10-7-8-10/h4-6,10,15H,7-9H2,1-3H3. The van der Waals surface area contributed by atoms with E-state index in [9.17, 15) is 5.11 Å². The van der Waals surface area contributed by atoms with Crippen LogP contribution in [0, 0.1) is 0 Å².